The molecule has 1 aromatic carbocycles. The van der Waals surface area contributed by atoms with Crippen molar-refractivity contribution >= 4 is 11.5 Å². The Kier molecular flexibility index (Phi) is 4.28. The van der Waals surface area contributed by atoms with E-state index in [0.29, 0.717) is 29.0 Å². The fraction of sp³-hybridized carbons (Fsp3) is 0.368. The molecule has 0 radical (unpaired) electrons. The van der Waals surface area contributed by atoms with Crippen LogP contribution in [0.15, 0.2) is 12.1 Å². The van der Waals surface area contributed by atoms with Gasteiger partial charge in [0.1, 0.15) is 17.5 Å². The van der Waals surface area contributed by atoms with Crippen molar-refractivity contribution in [3.05, 3.63) is 39.1 Å². The molecule has 2 aliphatic rings. The minimum absolute atomic E-state index is 0.0115. The third-order valence-corrected chi connectivity index (χ3v) is 5.07. The van der Waals surface area contributed by atoms with Crippen molar-refractivity contribution in [3.63, 3.8) is 0 Å². The number of nitrogens with zero attached hydrogens (tertiary/aromatic N) is 3. The van der Waals surface area contributed by atoms with Crippen LogP contribution in [0.1, 0.15) is 42.5 Å². The Hall–Kier alpha value is -3.34. The third kappa shape index (κ3) is 2.91. The second-order valence-corrected chi connectivity index (χ2v) is 6.68. The first-order valence-electron chi connectivity index (χ1n) is 8.90. The molecule has 0 saturated carbocycles. The van der Waals surface area contributed by atoms with E-state index in [-0.39, 0.29) is 23.9 Å². The second kappa shape index (κ2) is 6.76. The van der Waals surface area contributed by atoms with E-state index in [1.54, 1.807) is 6.07 Å². The standard InChI is InChI=1S/C19H18N4O4/c20-9-13-18(11-5-3-1-2-4-6-14(11)22-19(13)21)12-7-16-17(27-10-26-16)8-15(12)23(24)25/h7-8H,1-6,10H2,(H2,21,22). The van der Waals surface area contributed by atoms with Crippen LogP contribution in [0.5, 0.6) is 11.5 Å². The highest BCUT2D eigenvalue weighted by molar-refractivity contribution is 5.86. The lowest BCUT2D eigenvalue weighted by Gasteiger charge is -2.19. The third-order valence-electron chi connectivity index (χ3n) is 5.07. The zero-order valence-electron chi connectivity index (χ0n) is 14.7. The summed E-state index contributed by atoms with van der Waals surface area (Å²) in [6, 6.07) is 5.03. The van der Waals surface area contributed by atoms with Crippen LogP contribution in [0.25, 0.3) is 11.1 Å². The number of nitrogens with two attached hydrogens (primary N) is 1. The summed E-state index contributed by atoms with van der Waals surface area (Å²) in [6.07, 6.45) is 5.56. The van der Waals surface area contributed by atoms with Gasteiger partial charge in [0.15, 0.2) is 11.5 Å². The van der Waals surface area contributed by atoms with Gasteiger partial charge in [0, 0.05) is 11.3 Å². The highest BCUT2D eigenvalue weighted by atomic mass is 16.7. The largest absolute Gasteiger partial charge is 0.454 e. The van der Waals surface area contributed by atoms with Gasteiger partial charge in [-0.05, 0) is 37.3 Å². The van der Waals surface area contributed by atoms with Crippen molar-refractivity contribution in [1.82, 2.24) is 4.98 Å². The number of benzene rings is 1. The summed E-state index contributed by atoms with van der Waals surface area (Å²) in [6.45, 7) is 0.0115. The number of nitriles is 1. The maximum Gasteiger partial charge on any atom is 0.281 e. The molecule has 2 N–H and O–H groups in total. The molecule has 0 saturated heterocycles. The monoisotopic (exact) mass is 366 g/mol. The molecule has 1 aliphatic heterocycles. The zero-order valence-corrected chi connectivity index (χ0v) is 14.7. The molecule has 1 aliphatic carbocycles. The van der Waals surface area contributed by atoms with Gasteiger partial charge in [0.05, 0.1) is 16.6 Å². The molecule has 8 heteroatoms. The fourth-order valence-electron chi connectivity index (χ4n) is 3.81. The summed E-state index contributed by atoms with van der Waals surface area (Å²) in [5, 5.41) is 21.5. The van der Waals surface area contributed by atoms with Gasteiger partial charge in [-0.2, -0.15) is 5.26 Å². The lowest BCUT2D eigenvalue weighted by molar-refractivity contribution is -0.384. The van der Waals surface area contributed by atoms with Gasteiger partial charge >= 0.3 is 0 Å². The molecule has 27 heavy (non-hydrogen) atoms. The zero-order chi connectivity index (χ0) is 19.0. The molecule has 138 valence electrons. The SMILES string of the molecule is N#Cc1c(N)nc2c(c1-c1cc3c(cc1[N+](=O)[O-])OCO3)CCCCCC2. The maximum absolute atomic E-state index is 11.7. The second-order valence-electron chi connectivity index (χ2n) is 6.68. The average molecular weight is 366 g/mol. The number of nitrogen functional groups attached to an aromatic ring is 1. The first-order chi connectivity index (χ1) is 13.1. The first-order valence-corrected chi connectivity index (χ1v) is 8.90. The Morgan fingerprint density at radius 3 is 2.56 bits per heavy atom. The van der Waals surface area contributed by atoms with Crippen LogP contribution >= 0.6 is 0 Å². The Labute approximate surface area is 155 Å². The molecule has 2 aromatic rings. The molecule has 0 unspecified atom stereocenters. The number of rotatable bonds is 2. The first kappa shape index (κ1) is 17.1. The quantitative estimate of drug-likeness (QED) is 0.637. The van der Waals surface area contributed by atoms with E-state index in [9.17, 15) is 15.4 Å². The number of nitro groups is 1. The van der Waals surface area contributed by atoms with Gasteiger partial charge in [0.2, 0.25) is 6.79 Å². The molecule has 4 rings (SSSR count). The van der Waals surface area contributed by atoms with E-state index in [4.69, 9.17) is 15.2 Å². The molecule has 1 aromatic heterocycles. The highest BCUT2D eigenvalue weighted by Gasteiger charge is 2.29. The lowest BCUT2D eigenvalue weighted by atomic mass is 9.87. The van der Waals surface area contributed by atoms with Gasteiger partial charge in [-0.15, -0.1) is 0 Å². The molecule has 8 nitrogen and oxygen atoms in total. The lowest BCUT2D eigenvalue weighted by Crippen LogP contribution is -2.10. The van der Waals surface area contributed by atoms with Crippen molar-refractivity contribution < 1.29 is 14.4 Å². The summed E-state index contributed by atoms with van der Waals surface area (Å²) < 4.78 is 10.7. The number of pyridine rings is 1. The number of nitro benzene ring substituents is 1. The summed E-state index contributed by atoms with van der Waals surface area (Å²) in [4.78, 5) is 15.7. The summed E-state index contributed by atoms with van der Waals surface area (Å²) >= 11 is 0. The van der Waals surface area contributed by atoms with E-state index in [1.807, 2.05) is 0 Å². The van der Waals surface area contributed by atoms with Crippen LogP contribution in [0.3, 0.4) is 0 Å². The van der Waals surface area contributed by atoms with Gasteiger partial charge in [0.25, 0.3) is 5.69 Å². The Morgan fingerprint density at radius 2 is 1.85 bits per heavy atom. The van der Waals surface area contributed by atoms with Crippen molar-refractivity contribution in [2.75, 3.05) is 12.5 Å². The molecule has 0 amide bonds. The minimum Gasteiger partial charge on any atom is -0.454 e. The smallest absolute Gasteiger partial charge is 0.281 e. The molecule has 0 fully saturated rings. The van der Waals surface area contributed by atoms with Gasteiger partial charge in [-0.1, -0.05) is 12.8 Å². The number of aryl methyl sites for hydroxylation is 1. The average Bonchev–Trinajstić information content (AvgIpc) is 3.08. The minimum atomic E-state index is -0.468. The summed E-state index contributed by atoms with van der Waals surface area (Å²) in [5.74, 6) is 0.863. The molecule has 0 atom stereocenters. The molecular weight excluding hydrogens is 348 g/mol. The van der Waals surface area contributed by atoms with E-state index in [0.717, 1.165) is 43.4 Å². The van der Waals surface area contributed by atoms with Crippen LogP contribution in [-0.2, 0) is 12.8 Å². The Balaban J connectivity index is 2.04. The predicted octanol–water partition coefficient (Wildman–Crippen LogP) is 3.50. The predicted molar refractivity (Wildman–Crippen MR) is 97.5 cm³/mol. The number of aromatic nitrogens is 1. The molecular formula is C19H18N4O4. The van der Waals surface area contributed by atoms with Crippen molar-refractivity contribution in [1.29, 1.82) is 5.26 Å². The highest BCUT2D eigenvalue weighted by Crippen LogP contribution is 2.45. The van der Waals surface area contributed by atoms with Gasteiger partial charge < -0.3 is 15.2 Å². The summed E-state index contributed by atoms with van der Waals surface area (Å²) in [5.41, 5.74) is 8.64. The fourth-order valence-corrected chi connectivity index (χ4v) is 3.81. The van der Waals surface area contributed by atoms with E-state index in [1.165, 1.54) is 6.07 Å². The van der Waals surface area contributed by atoms with Crippen molar-refractivity contribution in [2.24, 2.45) is 0 Å². The van der Waals surface area contributed by atoms with Crippen LogP contribution < -0.4 is 15.2 Å². The van der Waals surface area contributed by atoms with Crippen molar-refractivity contribution in [3.8, 4) is 28.7 Å². The molecule has 0 spiro atoms. The number of fused-ring (bicyclic) bond motifs is 2. The molecule has 0 bridgehead atoms. The Morgan fingerprint density at radius 1 is 1.15 bits per heavy atom. The van der Waals surface area contributed by atoms with Gasteiger partial charge in [-0.25, -0.2) is 4.98 Å². The number of hydrogen-bond acceptors (Lipinski definition) is 7. The molecule has 2 heterocycles. The van der Waals surface area contributed by atoms with Crippen LogP contribution in [0.4, 0.5) is 11.5 Å². The van der Waals surface area contributed by atoms with E-state index < -0.39 is 4.92 Å². The van der Waals surface area contributed by atoms with Crippen LogP contribution in [-0.4, -0.2) is 16.7 Å². The van der Waals surface area contributed by atoms with E-state index >= 15 is 0 Å². The Bertz CT molecular complexity index is 981. The van der Waals surface area contributed by atoms with E-state index in [2.05, 4.69) is 11.1 Å². The maximum atomic E-state index is 11.7. The number of anilines is 1. The van der Waals surface area contributed by atoms with Crippen LogP contribution in [0.2, 0.25) is 0 Å². The van der Waals surface area contributed by atoms with Gasteiger partial charge in [-0.3, -0.25) is 10.1 Å². The van der Waals surface area contributed by atoms with Crippen molar-refractivity contribution in [2.45, 2.75) is 38.5 Å². The topological polar surface area (TPSA) is 124 Å². The normalized spacial score (nSPS) is 15.4. The van der Waals surface area contributed by atoms with Crippen LogP contribution in [0, 0.1) is 21.4 Å². The number of ether oxygens (including phenoxy) is 2. The summed E-state index contributed by atoms with van der Waals surface area (Å²) in [7, 11) is 0. The number of hydrogen-bond donors (Lipinski definition) is 1.